The molecule has 30 heavy (non-hydrogen) atoms. The number of rotatable bonds is 6. The number of hydrogen-bond acceptors (Lipinski definition) is 4. The SMILES string of the molecule is O=C(NCCCc1cn[nH]c1)c1cccc(C#Cc2cccc(N3CCCC3)n2)c1. The standard InChI is InChI=1S/C24H25N5O/c30-24(25-13-5-7-20-17-26-27-18-20)21-8-3-6-19(16-21)11-12-22-9-4-10-23(28-22)29-14-1-2-15-29/h3-4,6,8-10,16-18H,1-2,5,7,13-15H2,(H,25,30)(H,26,27). The number of aromatic amines is 1. The Morgan fingerprint density at radius 2 is 2.00 bits per heavy atom. The van der Waals surface area contributed by atoms with Gasteiger partial charge in [-0.15, -0.1) is 0 Å². The van der Waals surface area contributed by atoms with Gasteiger partial charge < -0.3 is 10.2 Å². The maximum Gasteiger partial charge on any atom is 0.251 e. The summed E-state index contributed by atoms with van der Waals surface area (Å²) in [5, 5.41) is 9.69. The molecule has 0 unspecified atom stereocenters. The van der Waals surface area contributed by atoms with Gasteiger partial charge in [-0.2, -0.15) is 5.10 Å². The number of nitrogens with zero attached hydrogens (tertiary/aromatic N) is 3. The van der Waals surface area contributed by atoms with E-state index in [9.17, 15) is 4.79 Å². The van der Waals surface area contributed by atoms with Crippen LogP contribution in [0.3, 0.4) is 0 Å². The summed E-state index contributed by atoms with van der Waals surface area (Å²) in [6, 6.07) is 13.4. The van der Waals surface area contributed by atoms with Gasteiger partial charge in [-0.25, -0.2) is 4.98 Å². The van der Waals surface area contributed by atoms with Crippen molar-refractivity contribution in [3.8, 4) is 11.8 Å². The van der Waals surface area contributed by atoms with E-state index in [0.29, 0.717) is 12.1 Å². The summed E-state index contributed by atoms with van der Waals surface area (Å²) >= 11 is 0. The van der Waals surface area contributed by atoms with Gasteiger partial charge in [0.2, 0.25) is 0 Å². The van der Waals surface area contributed by atoms with Crippen molar-refractivity contribution in [2.45, 2.75) is 25.7 Å². The topological polar surface area (TPSA) is 73.9 Å². The fourth-order valence-corrected chi connectivity index (χ4v) is 3.50. The Kier molecular flexibility index (Phi) is 6.41. The lowest BCUT2D eigenvalue weighted by atomic mass is 10.1. The zero-order chi connectivity index (χ0) is 20.6. The van der Waals surface area contributed by atoms with Gasteiger partial charge in [0.25, 0.3) is 5.91 Å². The van der Waals surface area contributed by atoms with Crippen LogP contribution in [-0.2, 0) is 6.42 Å². The van der Waals surface area contributed by atoms with E-state index in [1.54, 1.807) is 6.20 Å². The summed E-state index contributed by atoms with van der Waals surface area (Å²) in [6.07, 6.45) is 7.86. The van der Waals surface area contributed by atoms with Gasteiger partial charge in [-0.3, -0.25) is 9.89 Å². The van der Waals surface area contributed by atoms with Crippen molar-refractivity contribution in [3.63, 3.8) is 0 Å². The minimum absolute atomic E-state index is 0.0833. The summed E-state index contributed by atoms with van der Waals surface area (Å²) in [7, 11) is 0. The lowest BCUT2D eigenvalue weighted by Gasteiger charge is -2.15. The number of carbonyl (C=O) groups is 1. The number of carbonyl (C=O) groups excluding carboxylic acids is 1. The molecule has 0 saturated carbocycles. The Balaban J connectivity index is 1.35. The van der Waals surface area contributed by atoms with Crippen LogP contribution in [0.4, 0.5) is 5.82 Å². The van der Waals surface area contributed by atoms with E-state index in [0.717, 1.165) is 48.6 Å². The van der Waals surface area contributed by atoms with Gasteiger partial charge >= 0.3 is 0 Å². The zero-order valence-corrected chi connectivity index (χ0v) is 16.9. The Hall–Kier alpha value is -3.59. The molecule has 6 heteroatoms. The van der Waals surface area contributed by atoms with Gasteiger partial charge in [0, 0.05) is 37.0 Å². The lowest BCUT2D eigenvalue weighted by molar-refractivity contribution is 0.0953. The van der Waals surface area contributed by atoms with Crippen molar-refractivity contribution in [1.29, 1.82) is 0 Å². The van der Waals surface area contributed by atoms with Crippen molar-refractivity contribution in [3.05, 3.63) is 77.2 Å². The van der Waals surface area contributed by atoms with Crippen LogP contribution < -0.4 is 10.2 Å². The second-order valence-electron chi connectivity index (χ2n) is 7.37. The number of benzene rings is 1. The first-order valence-corrected chi connectivity index (χ1v) is 10.4. The van der Waals surface area contributed by atoms with Crippen LogP contribution in [0.5, 0.6) is 0 Å². The highest BCUT2D eigenvalue weighted by Crippen LogP contribution is 2.17. The average Bonchev–Trinajstić information content (AvgIpc) is 3.50. The van der Waals surface area contributed by atoms with Gasteiger partial charge in [-0.05, 0) is 67.5 Å². The van der Waals surface area contributed by atoms with E-state index < -0.39 is 0 Å². The molecule has 1 aliphatic rings. The number of amides is 1. The fourth-order valence-electron chi connectivity index (χ4n) is 3.50. The molecule has 2 aromatic heterocycles. The third-order valence-corrected chi connectivity index (χ3v) is 5.11. The number of hydrogen-bond donors (Lipinski definition) is 2. The highest BCUT2D eigenvalue weighted by Gasteiger charge is 2.13. The van der Waals surface area contributed by atoms with Crippen LogP contribution in [0.1, 0.15) is 46.4 Å². The van der Waals surface area contributed by atoms with Crippen LogP contribution in [0, 0.1) is 11.8 Å². The molecule has 3 heterocycles. The monoisotopic (exact) mass is 399 g/mol. The molecule has 1 aliphatic heterocycles. The number of H-pyrrole nitrogens is 1. The molecule has 1 fully saturated rings. The molecule has 1 aromatic carbocycles. The highest BCUT2D eigenvalue weighted by atomic mass is 16.1. The van der Waals surface area contributed by atoms with Gasteiger partial charge in [-0.1, -0.05) is 18.1 Å². The van der Waals surface area contributed by atoms with E-state index in [2.05, 4.69) is 37.2 Å². The normalized spacial score (nSPS) is 13.0. The van der Waals surface area contributed by atoms with E-state index in [-0.39, 0.29) is 5.91 Å². The summed E-state index contributed by atoms with van der Waals surface area (Å²) in [4.78, 5) is 19.4. The first-order chi connectivity index (χ1) is 14.8. The minimum atomic E-state index is -0.0833. The molecule has 4 rings (SSSR count). The second-order valence-corrected chi connectivity index (χ2v) is 7.37. The summed E-state index contributed by atoms with van der Waals surface area (Å²) in [5.41, 5.74) is 3.30. The van der Waals surface area contributed by atoms with Crippen molar-refractivity contribution in [2.75, 3.05) is 24.5 Å². The fraction of sp³-hybridized carbons (Fsp3) is 0.292. The molecule has 3 aromatic rings. The van der Waals surface area contributed by atoms with E-state index in [4.69, 9.17) is 0 Å². The van der Waals surface area contributed by atoms with E-state index >= 15 is 0 Å². The molecule has 0 spiro atoms. The molecule has 0 radical (unpaired) electrons. The summed E-state index contributed by atoms with van der Waals surface area (Å²) in [5.74, 6) is 7.17. The van der Waals surface area contributed by atoms with E-state index in [1.807, 2.05) is 48.7 Å². The predicted octanol–water partition coefficient (Wildman–Crippen LogP) is 3.17. The molecule has 0 bridgehead atoms. The average molecular weight is 399 g/mol. The van der Waals surface area contributed by atoms with Crippen molar-refractivity contribution >= 4 is 11.7 Å². The minimum Gasteiger partial charge on any atom is -0.357 e. The number of anilines is 1. The Labute approximate surface area is 176 Å². The summed E-state index contributed by atoms with van der Waals surface area (Å²) in [6.45, 7) is 2.74. The number of pyridine rings is 1. The predicted molar refractivity (Wildman–Crippen MR) is 117 cm³/mol. The van der Waals surface area contributed by atoms with Crippen molar-refractivity contribution < 1.29 is 4.79 Å². The zero-order valence-electron chi connectivity index (χ0n) is 16.9. The summed E-state index contributed by atoms with van der Waals surface area (Å²) < 4.78 is 0. The molecule has 2 N–H and O–H groups in total. The molecular formula is C24H25N5O. The van der Waals surface area contributed by atoms with Crippen molar-refractivity contribution in [2.24, 2.45) is 0 Å². The van der Waals surface area contributed by atoms with Crippen LogP contribution in [0.25, 0.3) is 0 Å². The van der Waals surface area contributed by atoms with Crippen LogP contribution in [-0.4, -0.2) is 40.7 Å². The molecule has 6 nitrogen and oxygen atoms in total. The third kappa shape index (κ3) is 5.26. The van der Waals surface area contributed by atoms with Gasteiger partial charge in [0.05, 0.1) is 6.20 Å². The Bertz CT molecular complexity index is 1040. The van der Waals surface area contributed by atoms with E-state index in [1.165, 1.54) is 12.8 Å². The van der Waals surface area contributed by atoms with Crippen molar-refractivity contribution in [1.82, 2.24) is 20.5 Å². The van der Waals surface area contributed by atoms with Crippen LogP contribution >= 0.6 is 0 Å². The number of aryl methyl sites for hydroxylation is 1. The molecule has 1 saturated heterocycles. The van der Waals surface area contributed by atoms with Gasteiger partial charge in [0.15, 0.2) is 0 Å². The van der Waals surface area contributed by atoms with Gasteiger partial charge in [0.1, 0.15) is 11.5 Å². The maximum atomic E-state index is 12.4. The highest BCUT2D eigenvalue weighted by molar-refractivity contribution is 5.94. The number of nitrogens with one attached hydrogen (secondary N) is 2. The first-order valence-electron chi connectivity index (χ1n) is 10.4. The quantitative estimate of drug-likeness (QED) is 0.493. The smallest absolute Gasteiger partial charge is 0.251 e. The molecule has 1 amide bonds. The lowest BCUT2D eigenvalue weighted by Crippen LogP contribution is -2.24. The first kappa shape index (κ1) is 19.7. The molecule has 152 valence electrons. The Morgan fingerprint density at radius 1 is 1.13 bits per heavy atom. The van der Waals surface area contributed by atoms with Crippen LogP contribution in [0.15, 0.2) is 54.9 Å². The molecular weight excluding hydrogens is 374 g/mol. The third-order valence-electron chi connectivity index (χ3n) is 5.11. The van der Waals surface area contributed by atoms with Crippen LogP contribution in [0.2, 0.25) is 0 Å². The molecule has 0 atom stereocenters. The molecule has 0 aliphatic carbocycles. The largest absolute Gasteiger partial charge is 0.357 e. The second kappa shape index (κ2) is 9.75. The maximum absolute atomic E-state index is 12.4. The number of aromatic nitrogens is 3. The Morgan fingerprint density at radius 3 is 2.83 bits per heavy atom.